The zero-order valence-electron chi connectivity index (χ0n) is 28.3. The van der Waals surface area contributed by atoms with Crippen LogP contribution >= 0.6 is 0 Å². The Kier molecular flexibility index (Phi) is 8.19. The molecular weight excluding hydrogens is 613 g/mol. The zero-order chi connectivity index (χ0) is 34.0. The van der Waals surface area contributed by atoms with Crippen molar-refractivity contribution in [3.8, 4) is 22.5 Å². The van der Waals surface area contributed by atoms with Gasteiger partial charge in [-0.3, -0.25) is 0 Å². The number of benzene rings is 6. The van der Waals surface area contributed by atoms with Crippen molar-refractivity contribution >= 4 is 44.6 Å². The Morgan fingerprint density at radius 3 is 1.40 bits per heavy atom. The van der Waals surface area contributed by atoms with E-state index >= 15 is 0 Å². The maximum absolute atomic E-state index is 5.09. The summed E-state index contributed by atoms with van der Waals surface area (Å²) < 4.78 is 0. The molecule has 0 radical (unpaired) electrons. The molecule has 0 amide bonds. The molecule has 0 fully saturated rings. The summed E-state index contributed by atoms with van der Waals surface area (Å²) in [6.45, 7) is 6.50. The molecule has 2 heterocycles. The summed E-state index contributed by atoms with van der Waals surface area (Å²) in [7, 11) is 0. The second-order valence-corrected chi connectivity index (χ2v) is 12.4. The third-order valence-electron chi connectivity index (χ3n) is 9.44. The summed E-state index contributed by atoms with van der Waals surface area (Å²) in [6.07, 6.45) is 0.820. The lowest BCUT2D eigenvalue weighted by Gasteiger charge is -2.39. The van der Waals surface area contributed by atoms with Gasteiger partial charge in [0.15, 0.2) is 11.6 Å². The Bertz CT molecular complexity index is 2460. The summed E-state index contributed by atoms with van der Waals surface area (Å²) in [6, 6.07) is 52.2. The Balaban J connectivity index is 1.48. The van der Waals surface area contributed by atoms with Crippen molar-refractivity contribution in [3.05, 3.63) is 168 Å². The lowest BCUT2D eigenvalue weighted by Crippen LogP contribution is -2.38. The fourth-order valence-corrected chi connectivity index (χ4v) is 6.73. The highest BCUT2D eigenvalue weighted by Crippen LogP contribution is 2.44. The first-order valence-electron chi connectivity index (χ1n) is 17.0. The van der Waals surface area contributed by atoms with Crippen molar-refractivity contribution in [2.45, 2.75) is 27.2 Å². The van der Waals surface area contributed by atoms with Crippen LogP contribution in [0.5, 0.6) is 0 Å². The minimum atomic E-state index is 0.693. The first-order valence-corrected chi connectivity index (χ1v) is 17.0. The number of rotatable bonds is 8. The van der Waals surface area contributed by atoms with Crippen LogP contribution in [0.3, 0.4) is 0 Å². The van der Waals surface area contributed by atoms with Gasteiger partial charge in [0.05, 0.1) is 11.4 Å². The molecule has 50 heavy (non-hydrogen) atoms. The largest absolute Gasteiger partial charge is 0.227 e. The monoisotopic (exact) mass is 648 g/mol. The molecular formula is C44H36N6. The summed E-state index contributed by atoms with van der Waals surface area (Å²) in [4.78, 5) is 0. The Labute approximate surface area is 292 Å². The maximum atomic E-state index is 5.09. The number of hydrogen-bond acceptors (Lipinski definition) is 6. The fourth-order valence-electron chi connectivity index (χ4n) is 6.73. The van der Waals surface area contributed by atoms with Crippen LogP contribution in [-0.4, -0.2) is 20.4 Å². The average molecular weight is 649 g/mol. The van der Waals surface area contributed by atoms with E-state index < -0.39 is 0 Å². The van der Waals surface area contributed by atoms with Gasteiger partial charge < -0.3 is 0 Å². The van der Waals surface area contributed by atoms with Crippen LogP contribution in [0.15, 0.2) is 152 Å². The minimum absolute atomic E-state index is 0.693. The second-order valence-electron chi connectivity index (χ2n) is 12.4. The van der Waals surface area contributed by atoms with E-state index in [2.05, 4.69) is 146 Å². The molecule has 0 bridgehead atoms. The van der Waals surface area contributed by atoms with Crippen LogP contribution < -0.4 is 10.0 Å². The molecule has 0 spiro atoms. The topological polar surface area (TPSA) is 58.0 Å². The van der Waals surface area contributed by atoms with E-state index in [0.717, 1.165) is 67.4 Å². The molecule has 8 aromatic rings. The molecule has 0 atom stereocenters. The predicted molar refractivity (Wildman–Crippen MR) is 206 cm³/mol. The van der Waals surface area contributed by atoms with Gasteiger partial charge in [0.2, 0.25) is 0 Å². The van der Waals surface area contributed by atoms with E-state index in [4.69, 9.17) is 20.4 Å². The molecule has 0 aliphatic rings. The third-order valence-corrected chi connectivity index (χ3v) is 9.44. The molecule has 0 N–H and O–H groups in total. The van der Waals surface area contributed by atoms with Crippen molar-refractivity contribution in [2.24, 2.45) is 0 Å². The van der Waals surface area contributed by atoms with Gasteiger partial charge in [-0.25, -0.2) is 10.0 Å². The fraction of sp³-hybridized carbons (Fsp3) is 0.0909. The molecule has 0 aliphatic heterocycles. The molecule has 8 rings (SSSR count). The Morgan fingerprint density at radius 1 is 0.420 bits per heavy atom. The molecule has 6 aromatic carbocycles. The van der Waals surface area contributed by atoms with Crippen molar-refractivity contribution < 1.29 is 0 Å². The van der Waals surface area contributed by atoms with Gasteiger partial charge in [-0.05, 0) is 49.1 Å². The third kappa shape index (κ3) is 5.41. The second kappa shape index (κ2) is 13.2. The van der Waals surface area contributed by atoms with Gasteiger partial charge in [-0.2, -0.15) is 0 Å². The number of hydrazine groups is 1. The summed E-state index contributed by atoms with van der Waals surface area (Å²) in [5.74, 6) is 1.39. The van der Waals surface area contributed by atoms with E-state index in [0.29, 0.717) is 11.6 Å². The van der Waals surface area contributed by atoms with Gasteiger partial charge in [0.1, 0.15) is 11.4 Å². The van der Waals surface area contributed by atoms with Crippen LogP contribution in [-0.2, 0) is 6.42 Å². The first kappa shape index (κ1) is 30.9. The number of para-hydroxylation sites is 1. The van der Waals surface area contributed by atoms with Crippen LogP contribution in [0, 0.1) is 13.8 Å². The zero-order valence-corrected chi connectivity index (χ0v) is 28.3. The van der Waals surface area contributed by atoms with Crippen molar-refractivity contribution in [2.75, 3.05) is 10.0 Å². The summed E-state index contributed by atoms with van der Waals surface area (Å²) in [5, 5.41) is 28.4. The van der Waals surface area contributed by atoms with E-state index in [1.165, 1.54) is 11.1 Å². The molecule has 2 aromatic heterocycles. The predicted octanol–water partition coefficient (Wildman–Crippen LogP) is 11.0. The van der Waals surface area contributed by atoms with Gasteiger partial charge in [0, 0.05) is 32.7 Å². The van der Waals surface area contributed by atoms with E-state index in [9.17, 15) is 0 Å². The minimum Gasteiger partial charge on any atom is -0.227 e. The lowest BCUT2D eigenvalue weighted by atomic mass is 10.0. The Hall–Kier alpha value is -6.40. The molecule has 0 saturated heterocycles. The summed E-state index contributed by atoms with van der Waals surface area (Å²) >= 11 is 0. The van der Waals surface area contributed by atoms with Crippen LogP contribution in [0.4, 0.5) is 23.0 Å². The maximum Gasteiger partial charge on any atom is 0.182 e. The van der Waals surface area contributed by atoms with Crippen molar-refractivity contribution in [1.82, 2.24) is 20.4 Å². The highest BCUT2D eigenvalue weighted by atomic mass is 15.7. The van der Waals surface area contributed by atoms with Gasteiger partial charge in [-0.15, -0.1) is 20.4 Å². The van der Waals surface area contributed by atoms with Gasteiger partial charge >= 0.3 is 0 Å². The average Bonchev–Trinajstić information content (AvgIpc) is 3.18. The lowest BCUT2D eigenvalue weighted by molar-refractivity contribution is 0.884. The standard InChI is InChI=1S/C44H36N6/c1-4-32-19-11-16-28-40(32)50(44-38-27-15-13-25-36(38)42(46-48-44)34-22-9-6-10-23-34)49(39-29-17-18-30(2)31(39)3)43-37-26-14-12-24-35(37)41(45-47-43)33-20-7-5-8-21-33/h5-29H,4H2,1-3H3. The number of anilines is 4. The van der Waals surface area contributed by atoms with E-state index in [-0.39, 0.29) is 0 Å². The molecule has 6 nitrogen and oxygen atoms in total. The summed E-state index contributed by atoms with van der Waals surface area (Å²) in [5.41, 5.74) is 9.13. The van der Waals surface area contributed by atoms with Gasteiger partial charge in [0.25, 0.3) is 0 Å². The van der Waals surface area contributed by atoms with Crippen molar-refractivity contribution in [3.63, 3.8) is 0 Å². The quantitative estimate of drug-likeness (QED) is 0.153. The Morgan fingerprint density at radius 2 is 0.860 bits per heavy atom. The van der Waals surface area contributed by atoms with Crippen LogP contribution in [0.1, 0.15) is 23.6 Å². The smallest absolute Gasteiger partial charge is 0.182 e. The normalized spacial score (nSPS) is 11.2. The number of nitrogens with zero attached hydrogens (tertiary/aromatic N) is 6. The molecule has 0 unspecified atom stereocenters. The number of aryl methyl sites for hydroxylation is 2. The van der Waals surface area contributed by atoms with Crippen LogP contribution in [0.25, 0.3) is 44.1 Å². The number of aromatic nitrogens is 4. The van der Waals surface area contributed by atoms with E-state index in [1.807, 2.05) is 36.4 Å². The highest BCUT2D eigenvalue weighted by molar-refractivity contribution is 6.05. The molecule has 0 aliphatic carbocycles. The molecule has 242 valence electrons. The van der Waals surface area contributed by atoms with Crippen LogP contribution in [0.2, 0.25) is 0 Å². The molecule has 0 saturated carbocycles. The number of fused-ring (bicyclic) bond motifs is 2. The number of hydrogen-bond donors (Lipinski definition) is 0. The highest BCUT2D eigenvalue weighted by Gasteiger charge is 2.31. The molecule has 6 heteroatoms. The van der Waals surface area contributed by atoms with Gasteiger partial charge in [-0.1, -0.05) is 146 Å². The SMILES string of the molecule is CCc1ccccc1N(c1nnc(-c2ccccc2)c2ccccc12)N(c1cccc(C)c1C)c1nnc(-c2ccccc2)c2ccccc12. The van der Waals surface area contributed by atoms with Crippen molar-refractivity contribution in [1.29, 1.82) is 0 Å². The first-order chi connectivity index (χ1) is 24.6. The van der Waals surface area contributed by atoms with E-state index in [1.54, 1.807) is 0 Å².